The van der Waals surface area contributed by atoms with E-state index in [2.05, 4.69) is 0 Å². The summed E-state index contributed by atoms with van der Waals surface area (Å²) in [7, 11) is -3.28. The first-order chi connectivity index (χ1) is 9.30. The normalized spacial score (nSPS) is 19.9. The van der Waals surface area contributed by atoms with E-state index in [1.807, 2.05) is 0 Å². The third kappa shape index (κ3) is 3.06. The number of benzene rings is 1. The van der Waals surface area contributed by atoms with Crippen LogP contribution in [0.1, 0.15) is 5.56 Å². The van der Waals surface area contributed by atoms with Crippen LogP contribution >= 0.6 is 11.8 Å². The molecule has 1 heterocycles. The molecule has 0 radical (unpaired) electrons. The third-order valence-electron chi connectivity index (χ3n) is 3.14. The number of rotatable bonds is 3. The molecule has 1 aromatic rings. The van der Waals surface area contributed by atoms with Crippen LogP contribution in [0.25, 0.3) is 0 Å². The Labute approximate surface area is 121 Å². The fourth-order valence-electron chi connectivity index (χ4n) is 2.19. The van der Waals surface area contributed by atoms with Gasteiger partial charge >= 0.3 is 0 Å². The summed E-state index contributed by atoms with van der Waals surface area (Å²) in [6, 6.07) is 3.90. The lowest BCUT2D eigenvalue weighted by Gasteiger charge is -2.36. The molecule has 0 aliphatic carbocycles. The van der Waals surface area contributed by atoms with Gasteiger partial charge in [-0.15, -0.1) is 0 Å². The van der Waals surface area contributed by atoms with Crippen molar-refractivity contribution in [3.05, 3.63) is 29.6 Å². The Kier molecular flexibility index (Phi) is 4.24. The second-order valence-electron chi connectivity index (χ2n) is 4.63. The fraction of sp³-hybridized carbons (Fsp3) is 0.417. The summed E-state index contributed by atoms with van der Waals surface area (Å²) in [4.78, 5) is 1.70. The minimum atomic E-state index is -3.28. The van der Waals surface area contributed by atoms with Crippen LogP contribution in [0, 0.1) is 11.2 Å². The van der Waals surface area contributed by atoms with Crippen molar-refractivity contribution in [2.45, 2.75) is 5.37 Å². The third-order valence-corrected chi connectivity index (χ3v) is 5.78. The quantitative estimate of drug-likeness (QED) is 0.642. The topological polar surface area (TPSA) is 87.2 Å². The van der Waals surface area contributed by atoms with Crippen molar-refractivity contribution in [2.75, 3.05) is 29.2 Å². The van der Waals surface area contributed by atoms with E-state index >= 15 is 0 Å². The molecule has 1 atom stereocenters. The first-order valence-corrected chi connectivity index (χ1v) is 9.09. The van der Waals surface area contributed by atoms with Gasteiger partial charge in [0.05, 0.1) is 0 Å². The molecule has 1 saturated heterocycles. The van der Waals surface area contributed by atoms with Crippen molar-refractivity contribution in [1.29, 1.82) is 5.41 Å². The van der Waals surface area contributed by atoms with Crippen molar-refractivity contribution >= 4 is 33.1 Å². The number of halogens is 1. The van der Waals surface area contributed by atoms with Crippen molar-refractivity contribution in [3.8, 4) is 0 Å². The van der Waals surface area contributed by atoms with Gasteiger partial charge < -0.3 is 10.6 Å². The number of anilines is 1. The zero-order valence-electron chi connectivity index (χ0n) is 11.0. The zero-order valence-corrected chi connectivity index (χ0v) is 12.6. The van der Waals surface area contributed by atoms with Gasteiger partial charge in [-0.05, 0) is 18.2 Å². The van der Waals surface area contributed by atoms with Crippen molar-refractivity contribution in [2.24, 2.45) is 5.73 Å². The van der Waals surface area contributed by atoms with E-state index < -0.39 is 21.0 Å². The molecule has 1 aromatic carbocycles. The molecule has 0 saturated carbocycles. The first kappa shape index (κ1) is 15.1. The van der Waals surface area contributed by atoms with Crippen LogP contribution in [-0.4, -0.2) is 43.9 Å². The van der Waals surface area contributed by atoms with E-state index in [4.69, 9.17) is 11.1 Å². The molecule has 5 nitrogen and oxygen atoms in total. The summed E-state index contributed by atoms with van der Waals surface area (Å²) in [5, 5.41) is 6.87. The Hall–Kier alpha value is -1.28. The minimum absolute atomic E-state index is 0.227. The second kappa shape index (κ2) is 5.61. The van der Waals surface area contributed by atoms with Crippen LogP contribution in [0.2, 0.25) is 0 Å². The number of nitrogens with zero attached hydrogens (tertiary/aromatic N) is 1. The predicted octanol–water partition coefficient (Wildman–Crippen LogP) is 1.03. The molecule has 1 aliphatic heterocycles. The lowest BCUT2D eigenvalue weighted by Crippen LogP contribution is -2.47. The maximum absolute atomic E-state index is 13.3. The van der Waals surface area contributed by atoms with Crippen LogP contribution in [0.15, 0.2) is 18.2 Å². The van der Waals surface area contributed by atoms with Gasteiger partial charge in [-0.2, -0.15) is 11.8 Å². The average Bonchev–Trinajstić information content (AvgIpc) is 2.37. The molecule has 8 heteroatoms. The molecule has 2 rings (SSSR count). The van der Waals surface area contributed by atoms with Gasteiger partial charge in [-0.1, -0.05) is 0 Å². The minimum Gasteiger partial charge on any atom is -0.384 e. The number of nitrogens with one attached hydrogen (secondary N) is 1. The Balaban J connectivity index is 2.50. The van der Waals surface area contributed by atoms with Crippen LogP contribution in [0.4, 0.5) is 10.1 Å². The number of nitrogens with two attached hydrogens (primary N) is 1. The van der Waals surface area contributed by atoms with Gasteiger partial charge in [0.25, 0.3) is 0 Å². The van der Waals surface area contributed by atoms with Gasteiger partial charge in [0, 0.05) is 35.6 Å². The highest BCUT2D eigenvalue weighted by atomic mass is 32.2. The van der Waals surface area contributed by atoms with Crippen LogP contribution in [0.5, 0.6) is 0 Å². The molecule has 20 heavy (non-hydrogen) atoms. The maximum Gasteiger partial charge on any atom is 0.169 e. The van der Waals surface area contributed by atoms with Gasteiger partial charge in [0.15, 0.2) is 9.84 Å². The molecule has 1 aliphatic rings. The van der Waals surface area contributed by atoms with Crippen molar-refractivity contribution in [1.82, 2.24) is 0 Å². The summed E-state index contributed by atoms with van der Waals surface area (Å²) < 4.78 is 37.1. The van der Waals surface area contributed by atoms with E-state index in [0.717, 1.165) is 5.75 Å². The highest BCUT2D eigenvalue weighted by molar-refractivity contribution is 8.01. The van der Waals surface area contributed by atoms with E-state index in [1.165, 1.54) is 24.5 Å². The van der Waals surface area contributed by atoms with Crippen LogP contribution < -0.4 is 10.6 Å². The number of hydrogen-bond acceptors (Lipinski definition) is 5. The van der Waals surface area contributed by atoms with Gasteiger partial charge in [0.1, 0.15) is 17.0 Å². The predicted molar refractivity (Wildman–Crippen MR) is 80.7 cm³/mol. The molecular weight excluding hydrogens is 301 g/mol. The van der Waals surface area contributed by atoms with E-state index in [1.54, 1.807) is 16.7 Å². The highest BCUT2D eigenvalue weighted by Crippen LogP contribution is 2.29. The molecule has 110 valence electrons. The van der Waals surface area contributed by atoms with Gasteiger partial charge in [-0.25, -0.2) is 12.8 Å². The number of nitrogen functional groups attached to an aromatic ring is 1. The smallest absolute Gasteiger partial charge is 0.169 e. The standard InChI is InChI=1S/C12H16FN3O2S2/c1-20(17,18)11-7-19-5-4-16(11)10-3-2-8(13)6-9(10)12(14)15/h2-3,6,11H,4-5,7H2,1H3,(H3,14,15). The lowest BCUT2D eigenvalue weighted by atomic mass is 10.1. The van der Waals surface area contributed by atoms with Gasteiger partial charge in [-0.3, -0.25) is 5.41 Å². The Morgan fingerprint density at radius 2 is 2.25 bits per heavy atom. The Morgan fingerprint density at radius 1 is 1.55 bits per heavy atom. The maximum atomic E-state index is 13.3. The summed E-state index contributed by atoms with van der Waals surface area (Å²) in [6.07, 6.45) is 1.19. The number of thioether (sulfide) groups is 1. The number of amidine groups is 1. The van der Waals surface area contributed by atoms with Crippen molar-refractivity contribution in [3.63, 3.8) is 0 Å². The first-order valence-electron chi connectivity index (χ1n) is 5.98. The molecule has 0 spiro atoms. The molecule has 0 amide bonds. The monoisotopic (exact) mass is 317 g/mol. The number of hydrogen-bond donors (Lipinski definition) is 2. The van der Waals surface area contributed by atoms with E-state index in [-0.39, 0.29) is 11.4 Å². The van der Waals surface area contributed by atoms with Crippen LogP contribution in [-0.2, 0) is 9.84 Å². The zero-order chi connectivity index (χ0) is 14.9. The van der Waals surface area contributed by atoms with Crippen LogP contribution in [0.3, 0.4) is 0 Å². The molecule has 1 fully saturated rings. The summed E-state index contributed by atoms with van der Waals surface area (Å²) in [5.41, 5.74) is 6.20. The summed E-state index contributed by atoms with van der Waals surface area (Å²) in [6.45, 7) is 0.522. The fourth-order valence-corrected chi connectivity index (χ4v) is 5.02. The summed E-state index contributed by atoms with van der Waals surface area (Å²) >= 11 is 1.57. The number of sulfone groups is 1. The van der Waals surface area contributed by atoms with E-state index in [9.17, 15) is 12.8 Å². The van der Waals surface area contributed by atoms with Gasteiger partial charge in [0.2, 0.25) is 0 Å². The van der Waals surface area contributed by atoms with Crippen molar-refractivity contribution < 1.29 is 12.8 Å². The Bertz CT molecular complexity index is 634. The SMILES string of the molecule is CS(=O)(=O)C1CSCCN1c1ccc(F)cc1C(=N)N. The molecular formula is C12H16FN3O2S2. The molecule has 3 N–H and O–H groups in total. The molecule has 0 aromatic heterocycles. The lowest BCUT2D eigenvalue weighted by molar-refractivity contribution is 0.584. The average molecular weight is 317 g/mol. The Morgan fingerprint density at radius 3 is 2.85 bits per heavy atom. The molecule has 1 unspecified atom stereocenters. The van der Waals surface area contributed by atoms with E-state index in [0.29, 0.717) is 18.0 Å². The largest absolute Gasteiger partial charge is 0.384 e. The molecule has 0 bridgehead atoms. The second-order valence-corrected chi connectivity index (χ2v) is 7.98. The summed E-state index contributed by atoms with van der Waals surface area (Å²) in [5.74, 6) is 0.458. The highest BCUT2D eigenvalue weighted by Gasteiger charge is 2.32.